The molecule has 0 bridgehead atoms. The predicted molar refractivity (Wildman–Crippen MR) is 93.3 cm³/mol. The van der Waals surface area contributed by atoms with Crippen molar-refractivity contribution in [2.24, 2.45) is 0 Å². The Kier molecular flexibility index (Phi) is 5.65. The summed E-state index contributed by atoms with van der Waals surface area (Å²) in [6.45, 7) is 1.02. The van der Waals surface area contributed by atoms with E-state index in [2.05, 4.69) is 10.6 Å². The summed E-state index contributed by atoms with van der Waals surface area (Å²) in [4.78, 5) is 12.0. The van der Waals surface area contributed by atoms with Gasteiger partial charge in [-0.2, -0.15) is 0 Å². The molecule has 6 nitrogen and oxygen atoms in total. The van der Waals surface area contributed by atoms with Crippen LogP contribution >= 0.6 is 0 Å². The molecule has 1 saturated heterocycles. The maximum absolute atomic E-state index is 12.0. The second kappa shape index (κ2) is 8.11. The fourth-order valence-corrected chi connectivity index (χ4v) is 2.83. The van der Waals surface area contributed by atoms with E-state index in [-0.39, 0.29) is 24.2 Å². The number of aliphatic hydroxyl groups is 1. The van der Waals surface area contributed by atoms with Gasteiger partial charge in [0.25, 0.3) is 5.91 Å². The SMILES string of the molecule is O=C(NC[C@H]1OC[C@@H](NCc2ccccc2O)[C@@H]1O)c1ccccc1. The van der Waals surface area contributed by atoms with E-state index in [0.717, 1.165) is 5.56 Å². The Bertz CT molecular complexity index is 708. The van der Waals surface area contributed by atoms with Crippen molar-refractivity contribution in [1.29, 1.82) is 0 Å². The summed E-state index contributed by atoms with van der Waals surface area (Å²) in [5, 5.41) is 26.1. The minimum Gasteiger partial charge on any atom is -0.508 e. The Morgan fingerprint density at radius 1 is 1.12 bits per heavy atom. The largest absolute Gasteiger partial charge is 0.508 e. The van der Waals surface area contributed by atoms with Crippen molar-refractivity contribution in [3.05, 3.63) is 65.7 Å². The van der Waals surface area contributed by atoms with Gasteiger partial charge >= 0.3 is 0 Å². The van der Waals surface area contributed by atoms with Crippen molar-refractivity contribution in [2.75, 3.05) is 13.2 Å². The molecule has 1 fully saturated rings. The number of carbonyl (C=O) groups is 1. The number of rotatable bonds is 6. The number of para-hydroxylation sites is 1. The molecular formula is C19H22N2O4. The lowest BCUT2D eigenvalue weighted by molar-refractivity contribution is 0.0398. The maximum Gasteiger partial charge on any atom is 0.251 e. The number of nitrogens with one attached hydrogen (secondary N) is 2. The number of aromatic hydroxyl groups is 1. The average Bonchev–Trinajstić information content (AvgIpc) is 2.99. The number of hydrogen-bond acceptors (Lipinski definition) is 5. The van der Waals surface area contributed by atoms with Gasteiger partial charge in [0.05, 0.1) is 18.8 Å². The fourth-order valence-electron chi connectivity index (χ4n) is 2.83. The third-order valence-corrected chi connectivity index (χ3v) is 4.33. The van der Waals surface area contributed by atoms with Crippen LogP contribution in [-0.2, 0) is 11.3 Å². The minimum absolute atomic E-state index is 0.193. The van der Waals surface area contributed by atoms with Crippen LogP contribution in [0, 0.1) is 0 Å². The van der Waals surface area contributed by atoms with E-state index in [9.17, 15) is 15.0 Å². The number of phenols is 1. The molecular weight excluding hydrogens is 320 g/mol. The molecule has 0 unspecified atom stereocenters. The van der Waals surface area contributed by atoms with E-state index < -0.39 is 12.2 Å². The molecule has 4 N–H and O–H groups in total. The molecule has 0 saturated carbocycles. The van der Waals surface area contributed by atoms with Crippen LogP contribution in [-0.4, -0.2) is 47.5 Å². The maximum atomic E-state index is 12.0. The van der Waals surface area contributed by atoms with Gasteiger partial charge in [0.15, 0.2) is 0 Å². The molecule has 2 aromatic rings. The molecule has 1 aliphatic rings. The number of hydrogen-bond donors (Lipinski definition) is 4. The van der Waals surface area contributed by atoms with Gasteiger partial charge < -0.3 is 25.6 Å². The lowest BCUT2D eigenvalue weighted by atomic mass is 10.1. The summed E-state index contributed by atoms with van der Waals surface area (Å²) < 4.78 is 5.59. The van der Waals surface area contributed by atoms with Gasteiger partial charge in [0, 0.05) is 24.2 Å². The Labute approximate surface area is 146 Å². The number of benzene rings is 2. The lowest BCUT2D eigenvalue weighted by Crippen LogP contribution is -2.44. The van der Waals surface area contributed by atoms with Crippen molar-refractivity contribution in [3.63, 3.8) is 0 Å². The van der Waals surface area contributed by atoms with E-state index >= 15 is 0 Å². The van der Waals surface area contributed by atoms with Crippen LogP contribution in [0.25, 0.3) is 0 Å². The molecule has 1 amide bonds. The van der Waals surface area contributed by atoms with Crippen LogP contribution in [0.2, 0.25) is 0 Å². The standard InChI is InChI=1S/C19H22N2O4/c22-16-9-5-4-8-14(16)10-20-15-12-25-17(18(15)23)11-21-19(24)13-6-2-1-3-7-13/h1-9,15,17-18,20,22-23H,10-12H2,(H,21,24)/t15-,17-,18+/m1/s1. The zero-order valence-electron chi connectivity index (χ0n) is 13.8. The highest BCUT2D eigenvalue weighted by Gasteiger charge is 2.35. The number of phenolic OH excluding ortho intramolecular Hbond substituents is 1. The highest BCUT2D eigenvalue weighted by Crippen LogP contribution is 2.18. The summed E-state index contributed by atoms with van der Waals surface area (Å²) in [6.07, 6.45) is -1.20. The zero-order chi connectivity index (χ0) is 17.6. The molecule has 0 aromatic heterocycles. The fraction of sp³-hybridized carbons (Fsp3) is 0.316. The molecule has 132 valence electrons. The second-order valence-corrected chi connectivity index (χ2v) is 6.05. The highest BCUT2D eigenvalue weighted by atomic mass is 16.5. The van der Waals surface area contributed by atoms with Gasteiger partial charge in [-0.3, -0.25) is 4.79 Å². The molecule has 0 spiro atoms. The van der Waals surface area contributed by atoms with E-state index in [4.69, 9.17) is 4.74 Å². The van der Waals surface area contributed by atoms with Gasteiger partial charge in [-0.05, 0) is 18.2 Å². The van der Waals surface area contributed by atoms with Gasteiger partial charge in [0.1, 0.15) is 11.9 Å². The number of aliphatic hydroxyl groups excluding tert-OH is 1. The molecule has 3 rings (SSSR count). The Hall–Kier alpha value is -2.41. The smallest absolute Gasteiger partial charge is 0.251 e. The molecule has 3 atom stereocenters. The van der Waals surface area contributed by atoms with Crippen molar-refractivity contribution in [3.8, 4) is 5.75 Å². The van der Waals surface area contributed by atoms with Crippen molar-refractivity contribution in [2.45, 2.75) is 24.8 Å². The summed E-state index contributed by atoms with van der Waals surface area (Å²) in [7, 11) is 0. The predicted octanol–water partition coefficient (Wildman–Crippen LogP) is 1.04. The summed E-state index contributed by atoms with van der Waals surface area (Å²) in [5.41, 5.74) is 1.33. The highest BCUT2D eigenvalue weighted by molar-refractivity contribution is 5.94. The van der Waals surface area contributed by atoms with Gasteiger partial charge in [-0.1, -0.05) is 36.4 Å². The van der Waals surface area contributed by atoms with E-state index in [1.54, 1.807) is 36.4 Å². The number of amides is 1. The van der Waals surface area contributed by atoms with E-state index in [0.29, 0.717) is 18.7 Å². The molecule has 1 heterocycles. The molecule has 2 aromatic carbocycles. The Morgan fingerprint density at radius 3 is 2.60 bits per heavy atom. The van der Waals surface area contributed by atoms with Crippen LogP contribution in [0.1, 0.15) is 15.9 Å². The van der Waals surface area contributed by atoms with E-state index in [1.165, 1.54) is 0 Å². The van der Waals surface area contributed by atoms with Gasteiger partial charge in [-0.25, -0.2) is 0 Å². The average molecular weight is 342 g/mol. The lowest BCUT2D eigenvalue weighted by Gasteiger charge is -2.19. The molecule has 0 aliphatic carbocycles. The Morgan fingerprint density at radius 2 is 1.84 bits per heavy atom. The quantitative estimate of drug-likeness (QED) is 0.630. The van der Waals surface area contributed by atoms with Crippen LogP contribution in [0.5, 0.6) is 5.75 Å². The summed E-state index contributed by atoms with van der Waals surface area (Å²) in [5.74, 6) is 0.0251. The molecule has 25 heavy (non-hydrogen) atoms. The monoisotopic (exact) mass is 342 g/mol. The first-order valence-corrected chi connectivity index (χ1v) is 8.28. The van der Waals surface area contributed by atoms with Crippen molar-refractivity contribution in [1.82, 2.24) is 10.6 Å². The summed E-state index contributed by atoms with van der Waals surface area (Å²) >= 11 is 0. The first-order valence-electron chi connectivity index (χ1n) is 8.28. The topological polar surface area (TPSA) is 90.8 Å². The molecule has 6 heteroatoms. The third-order valence-electron chi connectivity index (χ3n) is 4.33. The summed E-state index contributed by atoms with van der Waals surface area (Å²) in [6, 6.07) is 15.7. The zero-order valence-corrected chi connectivity index (χ0v) is 13.8. The third kappa shape index (κ3) is 4.36. The van der Waals surface area contributed by atoms with Crippen LogP contribution in [0.3, 0.4) is 0 Å². The minimum atomic E-state index is -0.734. The number of carbonyl (C=O) groups excluding carboxylic acids is 1. The van der Waals surface area contributed by atoms with E-state index in [1.807, 2.05) is 18.2 Å². The van der Waals surface area contributed by atoms with Gasteiger partial charge in [-0.15, -0.1) is 0 Å². The van der Waals surface area contributed by atoms with Crippen LogP contribution in [0.4, 0.5) is 0 Å². The number of ether oxygens (including phenoxy) is 1. The first-order chi connectivity index (χ1) is 12.1. The second-order valence-electron chi connectivity index (χ2n) is 6.05. The normalized spacial score (nSPS) is 22.7. The first kappa shape index (κ1) is 17.4. The molecule has 1 aliphatic heterocycles. The van der Waals surface area contributed by atoms with Crippen LogP contribution in [0.15, 0.2) is 54.6 Å². The van der Waals surface area contributed by atoms with Crippen LogP contribution < -0.4 is 10.6 Å². The van der Waals surface area contributed by atoms with Crippen molar-refractivity contribution < 1.29 is 19.7 Å². The molecule has 0 radical (unpaired) electrons. The van der Waals surface area contributed by atoms with Gasteiger partial charge in [0.2, 0.25) is 0 Å². The van der Waals surface area contributed by atoms with Crippen molar-refractivity contribution >= 4 is 5.91 Å². The Balaban J connectivity index is 1.47.